The Bertz CT molecular complexity index is 1090. The molecule has 0 aliphatic heterocycles. The van der Waals surface area contributed by atoms with E-state index in [-0.39, 0.29) is 16.2 Å². The van der Waals surface area contributed by atoms with Crippen LogP contribution in [0.25, 0.3) is 6.08 Å². The third-order valence-electron chi connectivity index (χ3n) is 6.51. The third kappa shape index (κ3) is 3.93. The molecule has 0 fully saturated rings. The molecule has 32 heavy (non-hydrogen) atoms. The maximum atomic E-state index is 13.6. The number of carbonyl (C=O) groups excluding carboxylic acids is 2. The first-order chi connectivity index (χ1) is 14.7. The number of allylic oxidation sites excluding steroid dienone is 5. The summed E-state index contributed by atoms with van der Waals surface area (Å²) in [6.07, 6.45) is 9.53. The van der Waals surface area contributed by atoms with Crippen LogP contribution in [0.4, 0.5) is 0 Å². The average Bonchev–Trinajstić information content (AvgIpc) is 3.36. The quantitative estimate of drug-likeness (QED) is 0.451. The molecular weight excluding hydrogens is 452 g/mol. The molecule has 2 aliphatic rings. The molecule has 4 nitrogen and oxygen atoms in total. The van der Waals surface area contributed by atoms with E-state index in [1.165, 1.54) is 0 Å². The summed E-state index contributed by atoms with van der Waals surface area (Å²) < 4.78 is 14.5. The molecule has 172 valence electrons. The van der Waals surface area contributed by atoms with Gasteiger partial charge in [-0.15, -0.1) is 0 Å². The molecule has 0 saturated heterocycles. The Balaban J connectivity index is 2.44. The van der Waals surface area contributed by atoms with Crippen LogP contribution in [0.2, 0.25) is 13.1 Å². The Morgan fingerprint density at radius 2 is 1.53 bits per heavy atom. The van der Waals surface area contributed by atoms with Crippen molar-refractivity contribution in [3.63, 3.8) is 0 Å². The van der Waals surface area contributed by atoms with Gasteiger partial charge in [-0.2, -0.15) is 0 Å². The third-order valence-corrected chi connectivity index (χ3v) is 27.6. The summed E-state index contributed by atoms with van der Waals surface area (Å²) in [5, 5.41) is 0. The maximum absolute atomic E-state index is 13.6. The SMILES string of the molecule is C[Si](C)=[Ti]([O]C(=O)C(C)(C)C)([O]C(=O)C(C)(C)C)([C]1=CC=CC1)[CH]1C=Cc2ccccc21. The van der Waals surface area contributed by atoms with Crippen LogP contribution < -0.4 is 0 Å². The fraction of sp³-hybridized carbons (Fsp3) is 0.462. The monoisotopic (exact) mass is 488 g/mol. The van der Waals surface area contributed by atoms with E-state index in [0.717, 1.165) is 15.0 Å². The van der Waals surface area contributed by atoms with Crippen LogP contribution in [0.15, 0.2) is 52.4 Å². The fourth-order valence-electron chi connectivity index (χ4n) is 4.49. The van der Waals surface area contributed by atoms with Crippen LogP contribution in [0.1, 0.15) is 63.3 Å². The standard InChI is InChI=1S/C9H7.2C5H10O2.C5H5.C2H6Si.Ti/c1-2-5-9-7-3-6-8(9)4-1;2*1-5(2,3)4(6)7;1-2-4-5-3-1;1-3-2;/h1-7H;2*1-3H3,(H,6,7);1-3H,4H2;1-2H3;/q;;;;;+2/p-2. The van der Waals surface area contributed by atoms with E-state index in [9.17, 15) is 9.59 Å². The fourth-order valence-corrected chi connectivity index (χ4v) is 23.6. The van der Waals surface area contributed by atoms with Crippen molar-refractivity contribution in [2.75, 3.05) is 0 Å². The first-order valence-electron chi connectivity index (χ1n) is 11.3. The number of rotatable bonds is 4. The van der Waals surface area contributed by atoms with Gasteiger partial charge in [0.15, 0.2) is 0 Å². The number of benzene rings is 1. The molecule has 0 N–H and O–H groups in total. The molecule has 1 aromatic rings. The molecular formula is C26H36O4SiTi. The van der Waals surface area contributed by atoms with Gasteiger partial charge in [0.1, 0.15) is 0 Å². The summed E-state index contributed by atoms with van der Waals surface area (Å²) in [5.41, 5.74) is 0.753. The van der Waals surface area contributed by atoms with Crippen LogP contribution >= 0.6 is 0 Å². The van der Waals surface area contributed by atoms with E-state index in [1.54, 1.807) is 0 Å². The molecule has 0 bridgehead atoms. The van der Waals surface area contributed by atoms with Crippen molar-refractivity contribution in [1.29, 1.82) is 0 Å². The normalized spacial score (nSPS) is 18.3. The zero-order valence-electron chi connectivity index (χ0n) is 20.6. The van der Waals surface area contributed by atoms with Crippen LogP contribution in [0, 0.1) is 10.8 Å². The molecule has 0 saturated carbocycles. The van der Waals surface area contributed by atoms with E-state index in [4.69, 9.17) is 6.64 Å². The summed E-state index contributed by atoms with van der Waals surface area (Å²) in [7, 11) is 0. The Morgan fingerprint density at radius 1 is 0.969 bits per heavy atom. The first kappa shape index (κ1) is 24.9. The molecule has 0 amide bonds. The van der Waals surface area contributed by atoms with E-state index >= 15 is 0 Å². The van der Waals surface area contributed by atoms with E-state index < -0.39 is 31.8 Å². The minimum absolute atomic E-state index is 0.240. The second-order valence-electron chi connectivity index (χ2n) is 11.2. The second-order valence-corrected chi connectivity index (χ2v) is 28.0. The van der Waals surface area contributed by atoms with Crippen molar-refractivity contribution >= 4 is 24.2 Å². The second kappa shape index (κ2) is 8.27. The molecule has 1 aromatic carbocycles. The Morgan fingerprint density at radius 3 is 2.00 bits per heavy atom. The molecule has 0 radical (unpaired) electrons. The van der Waals surface area contributed by atoms with Crippen LogP contribution in [0.3, 0.4) is 0 Å². The summed E-state index contributed by atoms with van der Waals surface area (Å²) >= 11 is -5.05. The number of hydrogen-bond donors (Lipinski definition) is 0. The first-order valence-corrected chi connectivity index (χ1v) is 19.1. The predicted molar refractivity (Wildman–Crippen MR) is 129 cm³/mol. The van der Waals surface area contributed by atoms with E-state index in [0.29, 0.717) is 6.42 Å². The van der Waals surface area contributed by atoms with Gasteiger partial charge < -0.3 is 0 Å². The molecule has 6 heteroatoms. The number of carbonyl (C=O) groups is 2. The minimum atomic E-state index is -5.05. The van der Waals surface area contributed by atoms with Crippen molar-refractivity contribution in [1.82, 2.24) is 0 Å². The van der Waals surface area contributed by atoms with Gasteiger partial charge in [-0.25, -0.2) is 0 Å². The summed E-state index contributed by atoms with van der Waals surface area (Å²) in [4.78, 5) is 27.3. The van der Waals surface area contributed by atoms with Gasteiger partial charge in [0.25, 0.3) is 0 Å². The van der Waals surface area contributed by atoms with Gasteiger partial charge in [-0.3, -0.25) is 0 Å². The van der Waals surface area contributed by atoms with Crippen molar-refractivity contribution in [2.45, 2.75) is 65.3 Å². The zero-order chi connectivity index (χ0) is 24.0. The summed E-state index contributed by atoms with van der Waals surface area (Å²) in [6, 6.07) is 8.18. The summed E-state index contributed by atoms with van der Waals surface area (Å²) in [5.74, 6) is -0.596. The van der Waals surface area contributed by atoms with Crippen molar-refractivity contribution < 1.29 is 31.0 Å². The van der Waals surface area contributed by atoms with Crippen molar-refractivity contribution in [2.24, 2.45) is 10.8 Å². The topological polar surface area (TPSA) is 52.6 Å². The van der Waals surface area contributed by atoms with Crippen LogP contribution in [0.5, 0.6) is 0 Å². The molecule has 1 atom stereocenters. The Hall–Kier alpha value is -1.69. The van der Waals surface area contributed by atoms with Gasteiger partial charge in [0, 0.05) is 0 Å². The molecule has 2 aliphatic carbocycles. The zero-order valence-corrected chi connectivity index (χ0v) is 23.2. The van der Waals surface area contributed by atoms with Crippen molar-refractivity contribution in [3.8, 4) is 0 Å². The number of fused-ring (bicyclic) bond motifs is 1. The molecule has 1 unspecified atom stereocenters. The van der Waals surface area contributed by atoms with Gasteiger partial charge in [-0.05, 0) is 0 Å². The Kier molecular flexibility index (Phi) is 6.44. The van der Waals surface area contributed by atoms with E-state index in [2.05, 4.69) is 49.5 Å². The number of hydrogen-bond acceptors (Lipinski definition) is 4. The predicted octanol–water partition coefficient (Wildman–Crippen LogP) is 6.55. The van der Waals surface area contributed by atoms with Gasteiger partial charge >= 0.3 is 195 Å². The van der Waals surface area contributed by atoms with Crippen LogP contribution in [-0.4, -0.2) is 18.1 Å². The van der Waals surface area contributed by atoms with Gasteiger partial charge in [0.2, 0.25) is 0 Å². The van der Waals surface area contributed by atoms with Crippen LogP contribution in [-0.2, 0) is 31.0 Å². The van der Waals surface area contributed by atoms with Gasteiger partial charge in [-0.1, -0.05) is 0 Å². The molecule has 0 aromatic heterocycles. The average molecular weight is 489 g/mol. The molecule has 0 heterocycles. The van der Waals surface area contributed by atoms with Crippen molar-refractivity contribution in [3.05, 3.63) is 63.6 Å². The Labute approximate surface area is 194 Å². The van der Waals surface area contributed by atoms with E-state index in [1.807, 2.05) is 59.8 Å². The molecule has 0 spiro atoms. The van der Waals surface area contributed by atoms with Gasteiger partial charge in [0.05, 0.1) is 0 Å². The summed E-state index contributed by atoms with van der Waals surface area (Å²) in [6.45, 7) is 15.5. The molecule has 3 rings (SSSR count).